The number of urea groups is 1. The fourth-order valence-electron chi connectivity index (χ4n) is 0.367. The van der Waals surface area contributed by atoms with Crippen LogP contribution in [0.3, 0.4) is 0 Å². The van der Waals surface area contributed by atoms with E-state index in [1.165, 1.54) is 7.05 Å². The van der Waals surface area contributed by atoms with Gasteiger partial charge in [-0.15, -0.1) is 4.91 Å². The van der Waals surface area contributed by atoms with Crippen LogP contribution in [0.15, 0.2) is 5.29 Å². The van der Waals surface area contributed by atoms with E-state index in [9.17, 15) is 9.70 Å². The average molecular weight is 131 g/mol. The third-order valence-electron chi connectivity index (χ3n) is 0.846. The molecule has 5 nitrogen and oxygen atoms in total. The molecule has 0 aromatic heterocycles. The molecule has 0 aliphatic carbocycles. The summed E-state index contributed by atoms with van der Waals surface area (Å²) in [5.74, 6) is 0. The molecule has 52 valence electrons. The highest BCUT2D eigenvalue weighted by Gasteiger charge is 2.06. The van der Waals surface area contributed by atoms with Crippen molar-refractivity contribution in [1.29, 1.82) is 0 Å². The summed E-state index contributed by atoms with van der Waals surface area (Å²) >= 11 is 0. The van der Waals surface area contributed by atoms with Crippen LogP contribution in [0.1, 0.15) is 6.92 Å². The van der Waals surface area contributed by atoms with Crippen LogP contribution < -0.4 is 5.32 Å². The lowest BCUT2D eigenvalue weighted by Gasteiger charge is -2.07. The van der Waals surface area contributed by atoms with E-state index in [2.05, 4.69) is 10.6 Å². The topological polar surface area (TPSA) is 61.8 Å². The molecule has 0 rings (SSSR count). The molecule has 0 heterocycles. The minimum atomic E-state index is -0.479. The molecule has 0 aromatic carbocycles. The smallest absolute Gasteiger partial charge is 0.339 e. The number of amides is 2. The fraction of sp³-hybridized carbons (Fsp3) is 0.750. The van der Waals surface area contributed by atoms with Crippen molar-refractivity contribution >= 4 is 6.03 Å². The van der Waals surface area contributed by atoms with Crippen LogP contribution in [0.25, 0.3) is 0 Å². The molecule has 0 aliphatic rings. The predicted molar refractivity (Wildman–Crippen MR) is 32.6 cm³/mol. The molecular formula is C4H9N3O2. The lowest BCUT2D eigenvalue weighted by atomic mass is 10.7. The third-order valence-corrected chi connectivity index (χ3v) is 0.846. The second kappa shape index (κ2) is 3.82. The Kier molecular flexibility index (Phi) is 3.34. The van der Waals surface area contributed by atoms with Gasteiger partial charge in [-0.2, -0.15) is 5.01 Å². The van der Waals surface area contributed by atoms with Gasteiger partial charge >= 0.3 is 6.03 Å². The number of nitrogens with zero attached hydrogens (tertiary/aromatic N) is 2. The first-order chi connectivity index (χ1) is 4.26. The number of carbonyl (C=O) groups excluding carboxylic acids is 1. The van der Waals surface area contributed by atoms with Gasteiger partial charge in [0.25, 0.3) is 0 Å². The number of nitrogens with one attached hydrogen (secondary N) is 1. The molecule has 0 atom stereocenters. The SMILES string of the molecule is CCN(N=O)C(=O)NC. The van der Waals surface area contributed by atoms with Gasteiger partial charge < -0.3 is 5.32 Å². The van der Waals surface area contributed by atoms with Crippen molar-refractivity contribution in [3.8, 4) is 0 Å². The summed E-state index contributed by atoms with van der Waals surface area (Å²) in [6.45, 7) is 1.96. The van der Waals surface area contributed by atoms with Gasteiger partial charge in [0.05, 0.1) is 5.29 Å². The van der Waals surface area contributed by atoms with E-state index in [0.29, 0.717) is 6.54 Å². The number of rotatable bonds is 2. The molecule has 0 saturated carbocycles. The Morgan fingerprint density at radius 2 is 2.33 bits per heavy atom. The van der Waals surface area contributed by atoms with Crippen LogP contribution in [-0.2, 0) is 0 Å². The lowest BCUT2D eigenvalue weighted by Crippen LogP contribution is -2.33. The quantitative estimate of drug-likeness (QED) is 0.433. The highest BCUT2D eigenvalue weighted by atomic mass is 16.3. The molecule has 5 heteroatoms. The Labute approximate surface area is 53.0 Å². The van der Waals surface area contributed by atoms with Crippen molar-refractivity contribution in [3.63, 3.8) is 0 Å². The van der Waals surface area contributed by atoms with E-state index < -0.39 is 6.03 Å². The molecule has 2 amide bonds. The number of nitroso groups, excluding NO2 is 1. The summed E-state index contributed by atoms with van der Waals surface area (Å²) in [5.41, 5.74) is 0. The van der Waals surface area contributed by atoms with E-state index in [1.54, 1.807) is 6.92 Å². The third kappa shape index (κ3) is 2.07. The monoisotopic (exact) mass is 131 g/mol. The Morgan fingerprint density at radius 1 is 1.78 bits per heavy atom. The maximum absolute atomic E-state index is 10.5. The first kappa shape index (κ1) is 7.87. The number of hydrogen-bond acceptors (Lipinski definition) is 3. The standard InChI is InChI=1S/C4H9N3O2/c1-3-7(6-9)4(8)5-2/h3H2,1-2H3,(H,5,8). The molecule has 0 bridgehead atoms. The van der Waals surface area contributed by atoms with Crippen molar-refractivity contribution in [2.45, 2.75) is 6.92 Å². The first-order valence-electron chi connectivity index (χ1n) is 2.58. The van der Waals surface area contributed by atoms with Crippen molar-refractivity contribution in [2.75, 3.05) is 13.6 Å². The average Bonchev–Trinajstić information content (AvgIpc) is 1.90. The number of hydrogen-bond donors (Lipinski definition) is 1. The Balaban J connectivity index is 3.78. The predicted octanol–water partition coefficient (Wildman–Crippen LogP) is 0.329. The van der Waals surface area contributed by atoms with Gasteiger partial charge in [-0.3, -0.25) is 0 Å². The second-order valence-electron chi connectivity index (χ2n) is 1.35. The van der Waals surface area contributed by atoms with Crippen LogP contribution in [0, 0.1) is 4.91 Å². The molecule has 0 aliphatic heterocycles. The van der Waals surface area contributed by atoms with Crippen molar-refractivity contribution in [3.05, 3.63) is 4.91 Å². The van der Waals surface area contributed by atoms with Gasteiger partial charge in [-0.05, 0) is 6.92 Å². The summed E-state index contributed by atoms with van der Waals surface area (Å²) in [5, 5.41) is 5.50. The summed E-state index contributed by atoms with van der Waals surface area (Å²) in [7, 11) is 1.44. The van der Waals surface area contributed by atoms with E-state index in [1.807, 2.05) is 0 Å². The second-order valence-corrected chi connectivity index (χ2v) is 1.35. The highest BCUT2D eigenvalue weighted by molar-refractivity contribution is 5.73. The molecule has 0 radical (unpaired) electrons. The number of carbonyl (C=O) groups is 1. The Bertz CT molecular complexity index is 114. The summed E-state index contributed by atoms with van der Waals surface area (Å²) in [6, 6.07) is -0.479. The Hall–Kier alpha value is -1.13. The first-order valence-corrected chi connectivity index (χ1v) is 2.58. The highest BCUT2D eigenvalue weighted by Crippen LogP contribution is 1.86. The molecule has 0 spiro atoms. The maximum Gasteiger partial charge on any atom is 0.340 e. The summed E-state index contributed by atoms with van der Waals surface area (Å²) < 4.78 is 0. The Morgan fingerprint density at radius 3 is 2.44 bits per heavy atom. The molecule has 9 heavy (non-hydrogen) atoms. The van der Waals surface area contributed by atoms with Crippen LogP contribution in [0.4, 0.5) is 4.79 Å². The molecule has 0 saturated heterocycles. The van der Waals surface area contributed by atoms with Gasteiger partial charge in [0, 0.05) is 13.6 Å². The normalized spacial score (nSPS) is 8.22. The van der Waals surface area contributed by atoms with E-state index in [-0.39, 0.29) is 0 Å². The minimum Gasteiger partial charge on any atom is -0.339 e. The molecular weight excluding hydrogens is 122 g/mol. The van der Waals surface area contributed by atoms with Crippen LogP contribution in [0.5, 0.6) is 0 Å². The fourth-order valence-corrected chi connectivity index (χ4v) is 0.367. The van der Waals surface area contributed by atoms with E-state index >= 15 is 0 Å². The van der Waals surface area contributed by atoms with Crippen LogP contribution in [-0.4, -0.2) is 24.6 Å². The van der Waals surface area contributed by atoms with Crippen LogP contribution >= 0.6 is 0 Å². The summed E-state index contributed by atoms with van der Waals surface area (Å²) in [6.07, 6.45) is 0. The van der Waals surface area contributed by atoms with Crippen molar-refractivity contribution in [2.24, 2.45) is 5.29 Å². The zero-order valence-electron chi connectivity index (χ0n) is 5.42. The van der Waals surface area contributed by atoms with Gasteiger partial charge in [0.2, 0.25) is 0 Å². The van der Waals surface area contributed by atoms with Gasteiger partial charge in [-0.25, -0.2) is 4.79 Å². The van der Waals surface area contributed by atoms with Gasteiger partial charge in [0.1, 0.15) is 0 Å². The van der Waals surface area contributed by atoms with Crippen molar-refractivity contribution in [1.82, 2.24) is 10.3 Å². The van der Waals surface area contributed by atoms with Gasteiger partial charge in [0.15, 0.2) is 0 Å². The molecule has 0 aromatic rings. The maximum atomic E-state index is 10.5. The van der Waals surface area contributed by atoms with E-state index in [4.69, 9.17) is 0 Å². The largest absolute Gasteiger partial charge is 0.340 e. The lowest BCUT2D eigenvalue weighted by molar-refractivity contribution is 0.204. The van der Waals surface area contributed by atoms with Crippen LogP contribution in [0.2, 0.25) is 0 Å². The van der Waals surface area contributed by atoms with Gasteiger partial charge in [-0.1, -0.05) is 0 Å². The van der Waals surface area contributed by atoms with E-state index in [0.717, 1.165) is 5.01 Å². The van der Waals surface area contributed by atoms with Crippen molar-refractivity contribution < 1.29 is 4.79 Å². The zero-order valence-corrected chi connectivity index (χ0v) is 5.42. The summed E-state index contributed by atoms with van der Waals surface area (Å²) in [4.78, 5) is 20.2. The molecule has 1 N–H and O–H groups in total. The zero-order chi connectivity index (χ0) is 7.28. The molecule has 0 unspecified atom stereocenters. The molecule has 0 fully saturated rings. The minimum absolute atomic E-state index is 0.295.